The molecule has 0 aliphatic rings. The molecule has 0 aromatic carbocycles. The predicted molar refractivity (Wildman–Crippen MR) is 80.1 cm³/mol. The molecule has 2 rings (SSSR count). The maximum Gasteiger partial charge on any atom is 0.130 e. The molecule has 2 aromatic heterocycles. The molecule has 2 heterocycles. The van der Waals surface area contributed by atoms with Crippen LogP contribution in [0, 0.1) is 0 Å². The predicted octanol–water partition coefficient (Wildman–Crippen LogP) is 3.37. The maximum atomic E-state index is 4.48. The molecule has 0 aliphatic carbocycles. The van der Waals surface area contributed by atoms with E-state index < -0.39 is 0 Å². The van der Waals surface area contributed by atoms with Crippen LogP contribution >= 0.6 is 15.9 Å². The van der Waals surface area contributed by atoms with Crippen molar-refractivity contribution >= 4 is 21.7 Å². The van der Waals surface area contributed by atoms with Crippen LogP contribution < -0.4 is 5.32 Å². The number of nitrogens with zero attached hydrogens (tertiary/aromatic N) is 3. The summed E-state index contributed by atoms with van der Waals surface area (Å²) in [7, 11) is 0. The van der Waals surface area contributed by atoms with E-state index in [-0.39, 0.29) is 0 Å². The SMILES string of the molecule is CCc1cc(NCc2cc(Br)ccn2)nc(CC)n1. The van der Waals surface area contributed by atoms with Crippen LogP contribution in [0.25, 0.3) is 0 Å². The highest BCUT2D eigenvalue weighted by atomic mass is 79.9. The number of anilines is 1. The minimum absolute atomic E-state index is 0.656. The summed E-state index contributed by atoms with van der Waals surface area (Å²) in [5.74, 6) is 1.74. The second-order valence-electron chi connectivity index (χ2n) is 4.19. The average molecular weight is 321 g/mol. The molecular formula is C14H17BrN4. The van der Waals surface area contributed by atoms with Gasteiger partial charge in [0.05, 0.1) is 12.2 Å². The summed E-state index contributed by atoms with van der Waals surface area (Å²) in [4.78, 5) is 13.2. The minimum Gasteiger partial charge on any atom is -0.364 e. The Morgan fingerprint density at radius 2 is 1.95 bits per heavy atom. The summed E-state index contributed by atoms with van der Waals surface area (Å²) in [5.41, 5.74) is 2.04. The van der Waals surface area contributed by atoms with Gasteiger partial charge in [0, 0.05) is 28.9 Å². The summed E-state index contributed by atoms with van der Waals surface area (Å²) in [6, 6.07) is 5.91. The fourth-order valence-electron chi connectivity index (χ4n) is 1.71. The first kappa shape index (κ1) is 13.9. The van der Waals surface area contributed by atoms with Gasteiger partial charge in [-0.3, -0.25) is 4.98 Å². The van der Waals surface area contributed by atoms with E-state index in [9.17, 15) is 0 Å². The van der Waals surface area contributed by atoms with Gasteiger partial charge in [0.1, 0.15) is 11.6 Å². The van der Waals surface area contributed by atoms with Gasteiger partial charge in [-0.25, -0.2) is 9.97 Å². The summed E-state index contributed by atoms with van der Waals surface area (Å²) in [5, 5.41) is 3.30. The molecule has 0 amide bonds. The first-order valence-electron chi connectivity index (χ1n) is 6.42. The third-order valence-electron chi connectivity index (χ3n) is 2.73. The summed E-state index contributed by atoms with van der Waals surface area (Å²) < 4.78 is 1.03. The number of hydrogen-bond acceptors (Lipinski definition) is 4. The van der Waals surface area contributed by atoms with Gasteiger partial charge in [-0.2, -0.15) is 0 Å². The van der Waals surface area contributed by atoms with E-state index >= 15 is 0 Å². The zero-order valence-corrected chi connectivity index (χ0v) is 12.7. The second-order valence-corrected chi connectivity index (χ2v) is 5.10. The molecule has 0 unspecified atom stereocenters. The Labute approximate surface area is 121 Å². The number of hydrogen-bond donors (Lipinski definition) is 1. The van der Waals surface area contributed by atoms with Gasteiger partial charge >= 0.3 is 0 Å². The largest absolute Gasteiger partial charge is 0.364 e. The number of rotatable bonds is 5. The van der Waals surface area contributed by atoms with Crippen molar-refractivity contribution in [2.45, 2.75) is 33.2 Å². The van der Waals surface area contributed by atoms with Crippen molar-refractivity contribution in [2.24, 2.45) is 0 Å². The molecule has 2 aromatic rings. The van der Waals surface area contributed by atoms with Crippen molar-refractivity contribution < 1.29 is 0 Å². The number of aryl methyl sites for hydroxylation is 2. The topological polar surface area (TPSA) is 50.7 Å². The summed E-state index contributed by atoms with van der Waals surface area (Å²) in [6.45, 7) is 4.82. The van der Waals surface area contributed by atoms with Gasteiger partial charge < -0.3 is 5.32 Å². The molecule has 1 N–H and O–H groups in total. The van der Waals surface area contributed by atoms with Gasteiger partial charge in [0.15, 0.2) is 0 Å². The van der Waals surface area contributed by atoms with Gasteiger partial charge in [-0.05, 0) is 18.6 Å². The van der Waals surface area contributed by atoms with Crippen molar-refractivity contribution in [3.8, 4) is 0 Å². The monoisotopic (exact) mass is 320 g/mol. The maximum absolute atomic E-state index is 4.48. The molecular weight excluding hydrogens is 304 g/mol. The fourth-order valence-corrected chi connectivity index (χ4v) is 2.09. The van der Waals surface area contributed by atoms with E-state index in [0.29, 0.717) is 6.54 Å². The van der Waals surface area contributed by atoms with Gasteiger partial charge in [0.2, 0.25) is 0 Å². The Bertz CT molecular complexity index is 535. The van der Waals surface area contributed by atoms with Crippen molar-refractivity contribution in [1.29, 1.82) is 0 Å². The summed E-state index contributed by atoms with van der Waals surface area (Å²) in [6.07, 6.45) is 3.55. The number of pyridine rings is 1. The highest BCUT2D eigenvalue weighted by Crippen LogP contribution is 2.12. The Morgan fingerprint density at radius 1 is 1.11 bits per heavy atom. The van der Waals surface area contributed by atoms with E-state index in [0.717, 1.165) is 40.3 Å². The molecule has 0 saturated heterocycles. The van der Waals surface area contributed by atoms with Crippen LogP contribution in [0.3, 0.4) is 0 Å². The van der Waals surface area contributed by atoms with Crippen molar-refractivity contribution in [2.75, 3.05) is 5.32 Å². The lowest BCUT2D eigenvalue weighted by Crippen LogP contribution is -2.07. The summed E-state index contributed by atoms with van der Waals surface area (Å²) >= 11 is 3.44. The van der Waals surface area contributed by atoms with Crippen molar-refractivity contribution in [3.05, 3.63) is 46.1 Å². The van der Waals surface area contributed by atoms with Crippen LogP contribution in [0.5, 0.6) is 0 Å². The fraction of sp³-hybridized carbons (Fsp3) is 0.357. The number of nitrogens with one attached hydrogen (secondary N) is 1. The van der Waals surface area contributed by atoms with E-state index in [1.165, 1.54) is 0 Å². The molecule has 0 atom stereocenters. The van der Waals surface area contributed by atoms with Crippen LogP contribution in [-0.2, 0) is 19.4 Å². The lowest BCUT2D eigenvalue weighted by Gasteiger charge is -2.08. The lowest BCUT2D eigenvalue weighted by atomic mass is 10.3. The number of aromatic nitrogens is 3. The number of halogens is 1. The standard InChI is InChI=1S/C14H17BrN4/c1-3-11-8-14(19-13(4-2)18-11)17-9-12-7-10(15)5-6-16-12/h5-8H,3-4,9H2,1-2H3,(H,17,18,19). The highest BCUT2D eigenvalue weighted by molar-refractivity contribution is 9.10. The normalized spacial score (nSPS) is 10.5. The van der Waals surface area contributed by atoms with Gasteiger partial charge in [-0.15, -0.1) is 0 Å². The third-order valence-corrected chi connectivity index (χ3v) is 3.23. The molecule has 19 heavy (non-hydrogen) atoms. The molecule has 0 spiro atoms. The molecule has 5 heteroatoms. The molecule has 0 aliphatic heterocycles. The van der Waals surface area contributed by atoms with Crippen LogP contribution in [0.1, 0.15) is 31.1 Å². The smallest absolute Gasteiger partial charge is 0.130 e. The second kappa shape index (κ2) is 6.61. The quantitative estimate of drug-likeness (QED) is 0.917. The first-order valence-corrected chi connectivity index (χ1v) is 7.21. The Hall–Kier alpha value is -1.49. The lowest BCUT2D eigenvalue weighted by molar-refractivity contribution is 0.882. The van der Waals surface area contributed by atoms with Gasteiger partial charge in [0.25, 0.3) is 0 Å². The Balaban J connectivity index is 2.10. The molecule has 0 radical (unpaired) electrons. The molecule has 4 nitrogen and oxygen atoms in total. The Morgan fingerprint density at radius 3 is 2.63 bits per heavy atom. The first-order chi connectivity index (χ1) is 9.21. The highest BCUT2D eigenvalue weighted by Gasteiger charge is 2.03. The van der Waals surface area contributed by atoms with E-state index in [4.69, 9.17) is 0 Å². The van der Waals surface area contributed by atoms with Crippen molar-refractivity contribution in [3.63, 3.8) is 0 Å². The average Bonchev–Trinajstić information content (AvgIpc) is 2.44. The van der Waals surface area contributed by atoms with Crippen LogP contribution in [0.15, 0.2) is 28.9 Å². The van der Waals surface area contributed by atoms with Crippen LogP contribution in [0.4, 0.5) is 5.82 Å². The van der Waals surface area contributed by atoms with Crippen LogP contribution in [0.2, 0.25) is 0 Å². The van der Waals surface area contributed by atoms with E-state index in [1.807, 2.05) is 18.2 Å². The van der Waals surface area contributed by atoms with E-state index in [1.54, 1.807) is 6.20 Å². The van der Waals surface area contributed by atoms with Crippen LogP contribution in [-0.4, -0.2) is 15.0 Å². The molecule has 100 valence electrons. The zero-order chi connectivity index (χ0) is 13.7. The Kier molecular flexibility index (Phi) is 4.85. The molecule has 0 saturated carbocycles. The van der Waals surface area contributed by atoms with Gasteiger partial charge in [-0.1, -0.05) is 29.8 Å². The zero-order valence-electron chi connectivity index (χ0n) is 11.2. The minimum atomic E-state index is 0.656. The van der Waals surface area contributed by atoms with Crippen molar-refractivity contribution in [1.82, 2.24) is 15.0 Å². The molecule has 0 fully saturated rings. The van der Waals surface area contributed by atoms with E-state index in [2.05, 4.69) is 50.0 Å². The molecule has 0 bridgehead atoms. The third kappa shape index (κ3) is 3.99.